The number of nitrogens with zero attached hydrogens (tertiary/aromatic N) is 2. The molecular formula is C20H25N3O3. The second-order valence-corrected chi connectivity index (χ2v) is 7.08. The summed E-state index contributed by atoms with van der Waals surface area (Å²) in [6, 6.07) is 8.32. The zero-order chi connectivity index (χ0) is 18.1. The van der Waals surface area contributed by atoms with Gasteiger partial charge in [0.25, 0.3) is 0 Å². The summed E-state index contributed by atoms with van der Waals surface area (Å²) in [4.78, 5) is 31.9. The third kappa shape index (κ3) is 3.04. The normalized spacial score (nSPS) is 20.1. The number of amides is 2. The van der Waals surface area contributed by atoms with Crippen molar-refractivity contribution in [3.63, 3.8) is 0 Å². The van der Waals surface area contributed by atoms with Crippen molar-refractivity contribution in [1.82, 2.24) is 14.8 Å². The molecule has 2 aromatic rings. The van der Waals surface area contributed by atoms with E-state index in [1.807, 2.05) is 11.0 Å². The zero-order valence-electron chi connectivity index (χ0n) is 15.2. The van der Waals surface area contributed by atoms with Crippen LogP contribution in [0, 0.1) is 5.92 Å². The van der Waals surface area contributed by atoms with E-state index in [0.29, 0.717) is 32.8 Å². The van der Waals surface area contributed by atoms with Crippen LogP contribution in [0.3, 0.4) is 0 Å². The van der Waals surface area contributed by atoms with Crippen molar-refractivity contribution >= 4 is 22.9 Å². The first kappa shape index (κ1) is 16.9. The van der Waals surface area contributed by atoms with Crippen LogP contribution in [-0.2, 0) is 22.4 Å². The number of aromatic amines is 1. The lowest BCUT2D eigenvalue weighted by Gasteiger charge is -2.36. The monoisotopic (exact) mass is 355 g/mol. The third-order valence-corrected chi connectivity index (χ3v) is 5.56. The molecule has 1 unspecified atom stereocenters. The summed E-state index contributed by atoms with van der Waals surface area (Å²) in [5.74, 6) is 0.264. The minimum atomic E-state index is -0.277. The number of carbonyl (C=O) groups excluding carboxylic acids is 2. The van der Waals surface area contributed by atoms with Crippen LogP contribution in [0.2, 0.25) is 0 Å². The van der Waals surface area contributed by atoms with Gasteiger partial charge in [0, 0.05) is 48.7 Å². The lowest BCUT2D eigenvalue weighted by Crippen LogP contribution is -2.52. The van der Waals surface area contributed by atoms with E-state index in [-0.39, 0.29) is 17.9 Å². The Labute approximate surface area is 153 Å². The summed E-state index contributed by atoms with van der Waals surface area (Å²) in [6.45, 7) is 4.47. The van der Waals surface area contributed by atoms with Crippen molar-refractivity contribution in [2.45, 2.75) is 26.2 Å². The fourth-order valence-electron chi connectivity index (χ4n) is 4.16. The van der Waals surface area contributed by atoms with Gasteiger partial charge in [0.1, 0.15) is 0 Å². The van der Waals surface area contributed by atoms with Gasteiger partial charge in [-0.15, -0.1) is 0 Å². The van der Waals surface area contributed by atoms with E-state index in [4.69, 9.17) is 4.74 Å². The molecule has 1 atom stereocenters. The molecule has 1 saturated heterocycles. The van der Waals surface area contributed by atoms with Crippen LogP contribution in [0.1, 0.15) is 24.6 Å². The van der Waals surface area contributed by atoms with Crippen molar-refractivity contribution in [1.29, 1.82) is 0 Å². The number of ether oxygens (including phenoxy) is 1. The van der Waals surface area contributed by atoms with Gasteiger partial charge in [-0.1, -0.05) is 18.2 Å². The average molecular weight is 355 g/mol. The molecule has 0 bridgehead atoms. The number of nitrogens with one attached hydrogen (secondary N) is 1. The number of fused-ring (bicyclic) bond motifs is 3. The smallest absolute Gasteiger partial charge is 0.409 e. The van der Waals surface area contributed by atoms with Crippen LogP contribution in [0.15, 0.2) is 24.3 Å². The molecule has 1 fully saturated rings. The highest BCUT2D eigenvalue weighted by Crippen LogP contribution is 2.32. The van der Waals surface area contributed by atoms with Gasteiger partial charge in [0.2, 0.25) is 5.91 Å². The molecule has 2 heterocycles. The van der Waals surface area contributed by atoms with Gasteiger partial charge in [-0.3, -0.25) is 4.79 Å². The van der Waals surface area contributed by atoms with Gasteiger partial charge < -0.3 is 19.5 Å². The van der Waals surface area contributed by atoms with Crippen molar-refractivity contribution in [3.05, 3.63) is 35.5 Å². The summed E-state index contributed by atoms with van der Waals surface area (Å²) >= 11 is 0. The number of aryl methyl sites for hydroxylation is 1. The minimum Gasteiger partial charge on any atom is -0.450 e. The van der Waals surface area contributed by atoms with E-state index in [1.54, 1.807) is 11.8 Å². The standard InChI is InChI=1S/C20H25N3O3/c1-2-26-20(25)23-11-9-22(10-12-23)19(24)14-7-8-18-16(13-14)15-5-3-4-6-17(15)21-18/h3-6,14,21H,2,7-13H2,1H3. The van der Waals surface area contributed by atoms with Crippen molar-refractivity contribution in [2.24, 2.45) is 5.92 Å². The van der Waals surface area contributed by atoms with Gasteiger partial charge in [0.05, 0.1) is 6.61 Å². The van der Waals surface area contributed by atoms with E-state index in [1.165, 1.54) is 16.6 Å². The molecule has 0 spiro atoms. The lowest BCUT2D eigenvalue weighted by atomic mass is 9.85. The molecule has 1 aromatic carbocycles. The first-order valence-corrected chi connectivity index (χ1v) is 9.46. The Morgan fingerprint density at radius 2 is 1.88 bits per heavy atom. The number of hydrogen-bond donors (Lipinski definition) is 1. The Morgan fingerprint density at radius 1 is 1.15 bits per heavy atom. The van der Waals surface area contributed by atoms with E-state index in [9.17, 15) is 9.59 Å². The fourth-order valence-corrected chi connectivity index (χ4v) is 4.16. The van der Waals surface area contributed by atoms with E-state index in [0.717, 1.165) is 24.8 Å². The van der Waals surface area contributed by atoms with Gasteiger partial charge >= 0.3 is 6.09 Å². The maximum Gasteiger partial charge on any atom is 0.409 e. The molecule has 2 aliphatic rings. The first-order chi connectivity index (χ1) is 12.7. The maximum absolute atomic E-state index is 13.0. The highest BCUT2D eigenvalue weighted by molar-refractivity contribution is 5.87. The summed E-state index contributed by atoms with van der Waals surface area (Å²) in [5.41, 5.74) is 3.74. The van der Waals surface area contributed by atoms with Crippen LogP contribution >= 0.6 is 0 Å². The Kier molecular flexibility index (Phi) is 4.57. The minimum absolute atomic E-state index is 0.0378. The molecule has 6 nitrogen and oxygen atoms in total. The molecule has 1 aliphatic carbocycles. The van der Waals surface area contributed by atoms with Crippen molar-refractivity contribution < 1.29 is 14.3 Å². The summed E-state index contributed by atoms with van der Waals surface area (Å²) in [7, 11) is 0. The molecule has 4 rings (SSSR count). The molecule has 0 saturated carbocycles. The quantitative estimate of drug-likeness (QED) is 0.900. The summed E-state index contributed by atoms with van der Waals surface area (Å²) < 4.78 is 5.04. The first-order valence-electron chi connectivity index (χ1n) is 9.46. The van der Waals surface area contributed by atoms with Gasteiger partial charge in [-0.2, -0.15) is 0 Å². The van der Waals surface area contributed by atoms with Crippen molar-refractivity contribution in [2.75, 3.05) is 32.8 Å². The second kappa shape index (κ2) is 7.02. The predicted molar refractivity (Wildman–Crippen MR) is 99.0 cm³/mol. The van der Waals surface area contributed by atoms with E-state index < -0.39 is 0 Å². The number of rotatable bonds is 2. The Morgan fingerprint density at radius 3 is 2.65 bits per heavy atom. The van der Waals surface area contributed by atoms with Gasteiger partial charge in [-0.05, 0) is 37.8 Å². The van der Waals surface area contributed by atoms with Gasteiger partial charge in [0.15, 0.2) is 0 Å². The number of H-pyrrole nitrogens is 1. The zero-order valence-corrected chi connectivity index (χ0v) is 15.2. The third-order valence-electron chi connectivity index (χ3n) is 5.56. The molecular weight excluding hydrogens is 330 g/mol. The number of carbonyl (C=O) groups is 2. The summed E-state index contributed by atoms with van der Waals surface area (Å²) in [5, 5.41) is 1.24. The van der Waals surface area contributed by atoms with Crippen LogP contribution in [0.4, 0.5) is 4.79 Å². The number of piperazine rings is 1. The molecule has 1 N–H and O–H groups in total. The summed E-state index contributed by atoms with van der Waals surface area (Å²) in [6.07, 6.45) is 2.33. The number of hydrogen-bond acceptors (Lipinski definition) is 3. The topological polar surface area (TPSA) is 65.6 Å². The van der Waals surface area contributed by atoms with Crippen LogP contribution in [0.25, 0.3) is 10.9 Å². The lowest BCUT2D eigenvalue weighted by molar-refractivity contribution is -0.137. The molecule has 2 amide bonds. The highest BCUT2D eigenvalue weighted by atomic mass is 16.6. The number of aromatic nitrogens is 1. The van der Waals surface area contributed by atoms with E-state index in [2.05, 4.69) is 23.2 Å². The Bertz CT molecular complexity index is 821. The number of benzene rings is 1. The molecule has 0 radical (unpaired) electrons. The van der Waals surface area contributed by atoms with Crippen LogP contribution in [-0.4, -0.2) is 59.6 Å². The fraction of sp³-hybridized carbons (Fsp3) is 0.500. The SMILES string of the molecule is CCOC(=O)N1CCN(C(=O)C2CCc3[nH]c4ccccc4c3C2)CC1. The van der Waals surface area contributed by atoms with Crippen LogP contribution in [0.5, 0.6) is 0 Å². The molecule has 1 aromatic heterocycles. The molecule has 26 heavy (non-hydrogen) atoms. The second-order valence-electron chi connectivity index (χ2n) is 7.08. The largest absolute Gasteiger partial charge is 0.450 e. The molecule has 6 heteroatoms. The Balaban J connectivity index is 1.41. The maximum atomic E-state index is 13.0. The average Bonchev–Trinajstić information content (AvgIpc) is 3.05. The van der Waals surface area contributed by atoms with Crippen LogP contribution < -0.4 is 0 Å². The molecule has 1 aliphatic heterocycles. The predicted octanol–water partition coefficient (Wildman–Crippen LogP) is 2.57. The highest BCUT2D eigenvalue weighted by Gasteiger charge is 2.32. The Hall–Kier alpha value is -2.50. The number of para-hydroxylation sites is 1. The van der Waals surface area contributed by atoms with E-state index >= 15 is 0 Å². The van der Waals surface area contributed by atoms with Gasteiger partial charge in [-0.25, -0.2) is 4.79 Å². The van der Waals surface area contributed by atoms with Crippen molar-refractivity contribution in [3.8, 4) is 0 Å². The molecule has 138 valence electrons.